The Bertz CT molecular complexity index is 485. The summed E-state index contributed by atoms with van der Waals surface area (Å²) in [4.78, 5) is 4.28. The molecule has 0 aliphatic carbocycles. The van der Waals surface area contributed by atoms with Gasteiger partial charge in [0.25, 0.3) is 0 Å². The van der Waals surface area contributed by atoms with Crippen molar-refractivity contribution >= 4 is 0 Å². The highest BCUT2D eigenvalue weighted by Gasteiger charge is 2.12. The lowest BCUT2D eigenvalue weighted by atomic mass is 10.0. The third-order valence-corrected chi connectivity index (χ3v) is 2.98. The van der Waals surface area contributed by atoms with Crippen molar-refractivity contribution in [3.63, 3.8) is 0 Å². The smallest absolute Gasteiger partial charge is 0.120 e. The van der Waals surface area contributed by atoms with Crippen LogP contribution < -0.4 is 5.32 Å². The third-order valence-electron chi connectivity index (χ3n) is 2.98. The Morgan fingerprint density at radius 2 is 1.94 bits per heavy atom. The van der Waals surface area contributed by atoms with Gasteiger partial charge in [0.05, 0.1) is 5.69 Å². The highest BCUT2D eigenvalue weighted by atomic mass is 16.3. The van der Waals surface area contributed by atoms with Gasteiger partial charge in [0, 0.05) is 24.3 Å². The molecule has 94 valence electrons. The quantitative estimate of drug-likeness (QED) is 0.847. The predicted molar refractivity (Wildman–Crippen MR) is 72.2 cm³/mol. The van der Waals surface area contributed by atoms with Gasteiger partial charge in [-0.25, -0.2) is 0 Å². The first kappa shape index (κ1) is 12.6. The van der Waals surface area contributed by atoms with E-state index in [9.17, 15) is 5.11 Å². The number of pyridine rings is 1. The van der Waals surface area contributed by atoms with Crippen LogP contribution in [0.15, 0.2) is 48.7 Å². The monoisotopic (exact) mass is 242 g/mol. The Morgan fingerprint density at radius 1 is 1.17 bits per heavy atom. The fraction of sp³-hybridized carbons (Fsp3) is 0.267. The van der Waals surface area contributed by atoms with Crippen LogP contribution in [0.5, 0.6) is 5.75 Å². The molecule has 0 bridgehead atoms. The first-order valence-electron chi connectivity index (χ1n) is 6.22. The molecule has 2 N–H and O–H groups in total. The van der Waals surface area contributed by atoms with Gasteiger partial charge in [-0.1, -0.05) is 31.2 Å². The van der Waals surface area contributed by atoms with Gasteiger partial charge in [0.15, 0.2) is 0 Å². The number of nitrogens with zero attached hydrogens (tertiary/aromatic N) is 1. The van der Waals surface area contributed by atoms with Crippen LogP contribution in [-0.2, 0) is 6.54 Å². The summed E-state index contributed by atoms with van der Waals surface area (Å²) < 4.78 is 0. The van der Waals surface area contributed by atoms with Crippen molar-refractivity contribution in [2.75, 3.05) is 0 Å². The molecular formula is C15H18N2O. The van der Waals surface area contributed by atoms with Crippen LogP contribution in [0.25, 0.3) is 0 Å². The van der Waals surface area contributed by atoms with Gasteiger partial charge in [-0.3, -0.25) is 4.98 Å². The topological polar surface area (TPSA) is 45.2 Å². The fourth-order valence-corrected chi connectivity index (χ4v) is 1.99. The molecule has 0 aliphatic rings. The summed E-state index contributed by atoms with van der Waals surface area (Å²) in [5, 5.41) is 13.3. The average molecular weight is 242 g/mol. The van der Waals surface area contributed by atoms with Crippen molar-refractivity contribution in [1.29, 1.82) is 0 Å². The van der Waals surface area contributed by atoms with Gasteiger partial charge in [-0.2, -0.15) is 0 Å². The maximum atomic E-state index is 9.85. The largest absolute Gasteiger partial charge is 0.508 e. The van der Waals surface area contributed by atoms with Crippen LogP contribution in [0.3, 0.4) is 0 Å². The van der Waals surface area contributed by atoms with Gasteiger partial charge in [0.2, 0.25) is 0 Å². The summed E-state index contributed by atoms with van der Waals surface area (Å²) in [6.45, 7) is 2.80. The van der Waals surface area contributed by atoms with Gasteiger partial charge in [0.1, 0.15) is 5.75 Å². The first-order valence-corrected chi connectivity index (χ1v) is 6.22. The van der Waals surface area contributed by atoms with Crippen LogP contribution in [0, 0.1) is 0 Å². The summed E-state index contributed by atoms with van der Waals surface area (Å²) in [6, 6.07) is 13.5. The molecule has 1 aromatic heterocycles. The van der Waals surface area contributed by atoms with E-state index in [1.807, 2.05) is 36.4 Å². The van der Waals surface area contributed by atoms with Crippen LogP contribution in [-0.4, -0.2) is 10.1 Å². The lowest BCUT2D eigenvalue weighted by Crippen LogP contribution is -2.20. The molecular weight excluding hydrogens is 224 g/mol. The zero-order valence-electron chi connectivity index (χ0n) is 10.5. The van der Waals surface area contributed by atoms with Crippen molar-refractivity contribution in [3.05, 3.63) is 59.9 Å². The molecule has 2 aromatic rings. The molecule has 3 heteroatoms. The Hall–Kier alpha value is -1.87. The van der Waals surface area contributed by atoms with Crippen LogP contribution in [0.1, 0.15) is 30.6 Å². The molecule has 2 rings (SSSR count). The molecule has 1 atom stereocenters. The number of phenolic OH excluding ortho intramolecular Hbond substituents is 1. The maximum absolute atomic E-state index is 9.85. The third kappa shape index (κ3) is 3.08. The zero-order valence-corrected chi connectivity index (χ0v) is 10.5. The highest BCUT2D eigenvalue weighted by molar-refractivity contribution is 5.34. The molecule has 0 saturated heterocycles. The highest BCUT2D eigenvalue weighted by Crippen LogP contribution is 2.25. The van der Waals surface area contributed by atoms with E-state index in [1.165, 1.54) is 0 Å². The van der Waals surface area contributed by atoms with Gasteiger partial charge >= 0.3 is 0 Å². The number of nitrogens with one attached hydrogen (secondary N) is 1. The van der Waals surface area contributed by atoms with Crippen molar-refractivity contribution in [3.8, 4) is 5.75 Å². The molecule has 3 nitrogen and oxygen atoms in total. The Balaban J connectivity index is 2.04. The molecule has 1 unspecified atom stereocenters. The summed E-state index contributed by atoms with van der Waals surface area (Å²) >= 11 is 0. The minimum absolute atomic E-state index is 0.146. The van der Waals surface area contributed by atoms with E-state index in [4.69, 9.17) is 0 Å². The van der Waals surface area contributed by atoms with Crippen LogP contribution in [0.4, 0.5) is 0 Å². The van der Waals surface area contributed by atoms with Gasteiger partial charge in [-0.15, -0.1) is 0 Å². The molecule has 18 heavy (non-hydrogen) atoms. The molecule has 0 aliphatic heterocycles. The Kier molecular flexibility index (Phi) is 4.31. The molecule has 0 fully saturated rings. The first-order chi connectivity index (χ1) is 8.81. The van der Waals surface area contributed by atoms with E-state index < -0.39 is 0 Å². The second kappa shape index (κ2) is 6.17. The van der Waals surface area contributed by atoms with E-state index >= 15 is 0 Å². The SMILES string of the molecule is CCC(NCc1ccccn1)c1ccccc1O. The van der Waals surface area contributed by atoms with Crippen molar-refractivity contribution in [2.24, 2.45) is 0 Å². The number of aromatic nitrogens is 1. The van der Waals surface area contributed by atoms with Crippen LogP contribution >= 0.6 is 0 Å². The number of hydrogen-bond acceptors (Lipinski definition) is 3. The van der Waals surface area contributed by atoms with Gasteiger partial charge < -0.3 is 10.4 Å². The van der Waals surface area contributed by atoms with E-state index in [2.05, 4.69) is 17.2 Å². The number of hydrogen-bond donors (Lipinski definition) is 2. The standard InChI is InChI=1S/C15H18N2O/c1-2-14(13-8-3-4-9-15(13)18)17-11-12-7-5-6-10-16-12/h3-10,14,17-18H,2,11H2,1H3. The summed E-state index contributed by atoms with van der Waals surface area (Å²) in [7, 11) is 0. The van der Waals surface area contributed by atoms with Crippen molar-refractivity contribution < 1.29 is 5.11 Å². The zero-order chi connectivity index (χ0) is 12.8. The van der Waals surface area contributed by atoms with E-state index in [0.29, 0.717) is 12.3 Å². The Morgan fingerprint density at radius 3 is 2.61 bits per heavy atom. The van der Waals surface area contributed by atoms with E-state index in [1.54, 1.807) is 12.3 Å². The normalized spacial score (nSPS) is 12.3. The minimum Gasteiger partial charge on any atom is -0.508 e. The van der Waals surface area contributed by atoms with Crippen LogP contribution in [0.2, 0.25) is 0 Å². The molecule has 0 amide bonds. The predicted octanol–water partition coefficient (Wildman–Crippen LogP) is 3.03. The second-order valence-corrected chi connectivity index (χ2v) is 4.22. The maximum Gasteiger partial charge on any atom is 0.120 e. The summed E-state index contributed by atoms with van der Waals surface area (Å²) in [6.07, 6.45) is 2.71. The van der Waals surface area contributed by atoms with Crippen molar-refractivity contribution in [1.82, 2.24) is 10.3 Å². The number of para-hydroxylation sites is 1. The minimum atomic E-state index is 0.146. The molecule has 0 saturated carbocycles. The number of rotatable bonds is 5. The number of aromatic hydroxyl groups is 1. The lowest BCUT2D eigenvalue weighted by Gasteiger charge is -2.18. The van der Waals surface area contributed by atoms with E-state index in [0.717, 1.165) is 17.7 Å². The van der Waals surface area contributed by atoms with Crippen molar-refractivity contribution in [2.45, 2.75) is 25.9 Å². The fourth-order valence-electron chi connectivity index (χ4n) is 1.99. The van der Waals surface area contributed by atoms with Gasteiger partial charge in [-0.05, 0) is 24.6 Å². The summed E-state index contributed by atoms with van der Waals surface area (Å²) in [5.74, 6) is 0.345. The molecule has 0 radical (unpaired) electrons. The second-order valence-electron chi connectivity index (χ2n) is 4.22. The summed E-state index contributed by atoms with van der Waals surface area (Å²) in [5.41, 5.74) is 1.95. The number of phenols is 1. The molecule has 1 aromatic carbocycles. The Labute approximate surface area is 108 Å². The van der Waals surface area contributed by atoms with E-state index in [-0.39, 0.29) is 6.04 Å². The lowest BCUT2D eigenvalue weighted by molar-refractivity contribution is 0.440. The number of benzene rings is 1. The average Bonchev–Trinajstić information content (AvgIpc) is 2.42. The molecule has 1 heterocycles. The molecule has 0 spiro atoms.